The largest absolute Gasteiger partial charge is 0.359 e. The molecule has 1 N–H and O–H groups in total. The standard InChI is InChI=1S/C9H12N2O5.2C2H6/c1-10-6(12)2-5-9(15)16-11-7(13)3-4-8(11)14;2*1-2/h2-5H2,1H3,(H,10,12);2*1-2H3. The Labute approximate surface area is 119 Å². The molecule has 1 heterocycles. The predicted molar refractivity (Wildman–Crippen MR) is 73.2 cm³/mol. The van der Waals surface area contributed by atoms with Gasteiger partial charge in [0.2, 0.25) is 5.91 Å². The molecule has 116 valence electrons. The van der Waals surface area contributed by atoms with E-state index in [1.54, 1.807) is 0 Å². The molecule has 20 heavy (non-hydrogen) atoms. The van der Waals surface area contributed by atoms with Crippen molar-refractivity contribution in [3.8, 4) is 0 Å². The van der Waals surface area contributed by atoms with Crippen molar-refractivity contribution >= 4 is 23.7 Å². The number of hydrogen-bond acceptors (Lipinski definition) is 5. The van der Waals surface area contributed by atoms with Crippen molar-refractivity contribution in [2.24, 2.45) is 0 Å². The average molecular weight is 288 g/mol. The summed E-state index contributed by atoms with van der Waals surface area (Å²) in [7, 11) is 1.45. The van der Waals surface area contributed by atoms with Crippen LogP contribution >= 0.6 is 0 Å². The predicted octanol–water partition coefficient (Wildman–Crippen LogP) is 1.17. The lowest BCUT2D eigenvalue weighted by atomic mass is 10.3. The lowest BCUT2D eigenvalue weighted by Gasteiger charge is -2.12. The second-order valence-electron chi connectivity index (χ2n) is 3.22. The first-order chi connectivity index (χ1) is 9.54. The highest BCUT2D eigenvalue weighted by Crippen LogP contribution is 2.12. The molecule has 1 rings (SSSR count). The molecule has 1 saturated heterocycles. The number of hydrogen-bond donors (Lipinski definition) is 1. The van der Waals surface area contributed by atoms with E-state index in [1.165, 1.54) is 7.05 Å². The summed E-state index contributed by atoms with van der Waals surface area (Å²) in [4.78, 5) is 48.7. The van der Waals surface area contributed by atoms with E-state index in [-0.39, 0.29) is 31.6 Å². The third-order valence-electron chi connectivity index (χ3n) is 2.03. The molecule has 0 aromatic heterocycles. The molecular weight excluding hydrogens is 264 g/mol. The van der Waals surface area contributed by atoms with E-state index in [0.717, 1.165) is 0 Å². The number of carbonyl (C=O) groups excluding carboxylic acids is 4. The van der Waals surface area contributed by atoms with E-state index in [4.69, 9.17) is 0 Å². The summed E-state index contributed by atoms with van der Waals surface area (Å²) < 4.78 is 0. The molecule has 0 atom stereocenters. The van der Waals surface area contributed by atoms with Crippen molar-refractivity contribution < 1.29 is 24.0 Å². The van der Waals surface area contributed by atoms with Gasteiger partial charge < -0.3 is 10.2 Å². The lowest BCUT2D eigenvalue weighted by molar-refractivity contribution is -0.197. The van der Waals surface area contributed by atoms with Crippen LogP contribution < -0.4 is 5.32 Å². The molecule has 0 spiro atoms. The van der Waals surface area contributed by atoms with Crippen LogP contribution in [0.2, 0.25) is 0 Å². The molecule has 0 aliphatic carbocycles. The van der Waals surface area contributed by atoms with E-state index in [9.17, 15) is 19.2 Å². The van der Waals surface area contributed by atoms with Gasteiger partial charge in [-0.1, -0.05) is 27.7 Å². The van der Waals surface area contributed by atoms with Gasteiger partial charge in [0.15, 0.2) is 0 Å². The van der Waals surface area contributed by atoms with E-state index >= 15 is 0 Å². The van der Waals surface area contributed by atoms with Gasteiger partial charge in [-0.15, -0.1) is 5.06 Å². The molecule has 1 fully saturated rings. The summed E-state index contributed by atoms with van der Waals surface area (Å²) in [5.74, 6) is -2.14. The van der Waals surface area contributed by atoms with Crippen molar-refractivity contribution in [3.05, 3.63) is 0 Å². The van der Waals surface area contributed by atoms with Gasteiger partial charge in [0, 0.05) is 26.3 Å². The maximum absolute atomic E-state index is 11.2. The van der Waals surface area contributed by atoms with E-state index in [1.807, 2.05) is 27.7 Å². The molecule has 0 radical (unpaired) electrons. The fourth-order valence-corrected chi connectivity index (χ4v) is 1.15. The summed E-state index contributed by atoms with van der Waals surface area (Å²) in [6, 6.07) is 0. The molecule has 1 aliphatic rings. The van der Waals surface area contributed by atoms with Crippen molar-refractivity contribution in [2.75, 3.05) is 7.05 Å². The highest BCUT2D eigenvalue weighted by molar-refractivity contribution is 6.01. The molecule has 3 amide bonds. The fraction of sp³-hybridized carbons (Fsp3) is 0.692. The normalized spacial score (nSPS) is 12.8. The Bertz CT molecular complexity index is 326. The fourth-order valence-electron chi connectivity index (χ4n) is 1.15. The first-order valence-electron chi connectivity index (χ1n) is 6.81. The molecule has 0 aromatic carbocycles. The number of rotatable bonds is 4. The van der Waals surface area contributed by atoms with Gasteiger partial charge >= 0.3 is 5.97 Å². The third kappa shape index (κ3) is 7.50. The van der Waals surface area contributed by atoms with Crippen LogP contribution in [0.15, 0.2) is 0 Å². The minimum atomic E-state index is -0.771. The maximum atomic E-state index is 11.2. The Hall–Kier alpha value is -1.92. The maximum Gasteiger partial charge on any atom is 0.333 e. The second-order valence-corrected chi connectivity index (χ2v) is 3.22. The number of nitrogens with zero attached hydrogens (tertiary/aromatic N) is 1. The molecule has 1 aliphatic heterocycles. The van der Waals surface area contributed by atoms with Gasteiger partial charge in [0.05, 0.1) is 6.42 Å². The van der Waals surface area contributed by atoms with Crippen LogP contribution in [0.25, 0.3) is 0 Å². The number of nitrogens with one attached hydrogen (secondary N) is 1. The highest BCUT2D eigenvalue weighted by atomic mass is 16.7. The summed E-state index contributed by atoms with van der Waals surface area (Å²) in [6.45, 7) is 8.00. The molecule has 0 aromatic rings. The first-order valence-corrected chi connectivity index (χ1v) is 6.81. The van der Waals surface area contributed by atoms with Crippen LogP contribution in [0.1, 0.15) is 53.4 Å². The van der Waals surface area contributed by atoms with Gasteiger partial charge in [-0.3, -0.25) is 14.4 Å². The van der Waals surface area contributed by atoms with Gasteiger partial charge in [0.25, 0.3) is 11.8 Å². The minimum absolute atomic E-state index is 0.0362. The molecule has 0 unspecified atom stereocenters. The van der Waals surface area contributed by atoms with Crippen LogP contribution in [0.5, 0.6) is 0 Å². The Morgan fingerprint density at radius 3 is 1.90 bits per heavy atom. The number of amides is 3. The monoisotopic (exact) mass is 288 g/mol. The molecule has 7 heteroatoms. The van der Waals surface area contributed by atoms with Crippen LogP contribution in [-0.4, -0.2) is 35.8 Å². The Morgan fingerprint density at radius 2 is 1.50 bits per heavy atom. The van der Waals surface area contributed by atoms with Crippen LogP contribution in [0.3, 0.4) is 0 Å². The van der Waals surface area contributed by atoms with E-state index < -0.39 is 17.8 Å². The molecule has 0 bridgehead atoms. The van der Waals surface area contributed by atoms with Crippen molar-refractivity contribution in [1.82, 2.24) is 10.4 Å². The van der Waals surface area contributed by atoms with Crippen molar-refractivity contribution in [2.45, 2.75) is 53.4 Å². The van der Waals surface area contributed by atoms with Crippen LogP contribution in [0.4, 0.5) is 0 Å². The number of hydroxylamine groups is 2. The van der Waals surface area contributed by atoms with E-state index in [0.29, 0.717) is 5.06 Å². The lowest BCUT2D eigenvalue weighted by Crippen LogP contribution is -2.32. The highest BCUT2D eigenvalue weighted by Gasteiger charge is 2.32. The van der Waals surface area contributed by atoms with Crippen LogP contribution in [-0.2, 0) is 24.0 Å². The zero-order valence-electron chi connectivity index (χ0n) is 12.8. The minimum Gasteiger partial charge on any atom is -0.359 e. The van der Waals surface area contributed by atoms with Gasteiger partial charge in [-0.25, -0.2) is 4.79 Å². The summed E-state index contributed by atoms with van der Waals surface area (Å²) in [6.07, 6.45) is -0.0919. The number of carbonyl (C=O) groups is 4. The van der Waals surface area contributed by atoms with Gasteiger partial charge in [-0.05, 0) is 0 Å². The third-order valence-corrected chi connectivity index (χ3v) is 2.03. The number of imide groups is 1. The second kappa shape index (κ2) is 12.1. The smallest absolute Gasteiger partial charge is 0.333 e. The quantitative estimate of drug-likeness (QED) is 0.784. The first kappa shape index (κ1) is 20.4. The molecule has 7 nitrogen and oxygen atoms in total. The molecule has 0 saturated carbocycles. The summed E-state index contributed by atoms with van der Waals surface area (Å²) >= 11 is 0. The topological polar surface area (TPSA) is 92.8 Å². The van der Waals surface area contributed by atoms with Crippen molar-refractivity contribution in [3.63, 3.8) is 0 Å². The van der Waals surface area contributed by atoms with E-state index in [2.05, 4.69) is 10.2 Å². The zero-order chi connectivity index (χ0) is 16.1. The Balaban J connectivity index is 0. The zero-order valence-corrected chi connectivity index (χ0v) is 12.8. The SMILES string of the molecule is CC.CC.CNC(=O)CCC(=O)ON1C(=O)CCC1=O. The van der Waals surface area contributed by atoms with Crippen molar-refractivity contribution in [1.29, 1.82) is 0 Å². The van der Waals surface area contributed by atoms with Crippen LogP contribution in [0, 0.1) is 0 Å². The average Bonchev–Trinajstić information content (AvgIpc) is 2.80. The molecular formula is C13H24N2O5. The van der Waals surface area contributed by atoms with Gasteiger partial charge in [-0.2, -0.15) is 0 Å². The van der Waals surface area contributed by atoms with Gasteiger partial charge in [0.1, 0.15) is 0 Å². The summed E-state index contributed by atoms with van der Waals surface area (Å²) in [5.41, 5.74) is 0. The Morgan fingerprint density at radius 1 is 1.05 bits per heavy atom. The summed E-state index contributed by atoms with van der Waals surface area (Å²) in [5, 5.41) is 2.80. The Kier molecular flexibility index (Phi) is 12.4.